The number of hydrogen-bond acceptors (Lipinski definition) is 6. The quantitative estimate of drug-likeness (QED) is 0.774. The van der Waals surface area contributed by atoms with Crippen LogP contribution >= 0.6 is 0 Å². The molecule has 2 aliphatic rings. The summed E-state index contributed by atoms with van der Waals surface area (Å²) >= 11 is 0. The summed E-state index contributed by atoms with van der Waals surface area (Å²) in [5.41, 5.74) is -1.90. The number of H-pyrrole nitrogens is 1. The Morgan fingerprint density at radius 2 is 1.88 bits per heavy atom. The number of nitrogens with zero attached hydrogens (tertiary/aromatic N) is 1. The lowest BCUT2D eigenvalue weighted by Crippen LogP contribution is -2.39. The lowest BCUT2D eigenvalue weighted by atomic mass is 10.1. The van der Waals surface area contributed by atoms with Crippen molar-refractivity contribution in [2.75, 3.05) is 6.61 Å². The van der Waals surface area contributed by atoms with Gasteiger partial charge in [-0.25, -0.2) is 4.79 Å². The molecule has 2 aliphatic heterocycles. The molecule has 2 fully saturated rings. The van der Waals surface area contributed by atoms with Gasteiger partial charge < -0.3 is 19.3 Å². The Bertz CT molecular complexity index is 726. The Hall–Kier alpha value is -1.55. The van der Waals surface area contributed by atoms with E-state index in [0.717, 1.165) is 23.6 Å². The number of nitrogens with one attached hydrogen (secondary N) is 1. The van der Waals surface area contributed by atoms with E-state index < -0.39 is 47.4 Å². The Morgan fingerprint density at radius 3 is 2.48 bits per heavy atom. The van der Waals surface area contributed by atoms with Crippen LogP contribution in [-0.2, 0) is 14.2 Å². The highest BCUT2D eigenvalue weighted by Gasteiger charge is 2.58. The topological polar surface area (TPSA) is 103 Å². The van der Waals surface area contributed by atoms with E-state index in [9.17, 15) is 19.1 Å². The van der Waals surface area contributed by atoms with Crippen LogP contribution in [0.5, 0.6) is 0 Å². The SMILES string of the molecule is CCCC1(CCC)OC2C(O1)[C@@H](CO)O[C@H]2n1cc(F)c(=O)[nH]c1=O. The van der Waals surface area contributed by atoms with Gasteiger partial charge in [0, 0.05) is 12.8 Å². The van der Waals surface area contributed by atoms with Crippen LogP contribution in [0.1, 0.15) is 45.8 Å². The molecule has 0 aromatic carbocycles. The molecule has 0 aliphatic carbocycles. The van der Waals surface area contributed by atoms with Crippen molar-refractivity contribution < 1.29 is 23.7 Å². The maximum Gasteiger partial charge on any atom is 0.330 e. The van der Waals surface area contributed by atoms with Gasteiger partial charge in [0.15, 0.2) is 12.0 Å². The van der Waals surface area contributed by atoms with E-state index in [-0.39, 0.29) is 6.61 Å². The minimum atomic E-state index is -1.10. The van der Waals surface area contributed by atoms with Crippen LogP contribution in [0.25, 0.3) is 0 Å². The van der Waals surface area contributed by atoms with Gasteiger partial charge in [-0.3, -0.25) is 14.3 Å². The molecular formula is C16H23FN2O6. The first-order chi connectivity index (χ1) is 11.9. The molecule has 1 aromatic rings. The van der Waals surface area contributed by atoms with E-state index in [2.05, 4.69) is 0 Å². The fraction of sp³-hybridized carbons (Fsp3) is 0.750. The number of aliphatic hydroxyl groups is 1. The molecule has 2 N–H and O–H groups in total. The van der Waals surface area contributed by atoms with Gasteiger partial charge in [-0.1, -0.05) is 26.7 Å². The van der Waals surface area contributed by atoms with Gasteiger partial charge in [-0.2, -0.15) is 4.39 Å². The van der Waals surface area contributed by atoms with Crippen LogP contribution < -0.4 is 11.2 Å². The summed E-state index contributed by atoms with van der Waals surface area (Å²) < 4.78 is 32.5. The van der Waals surface area contributed by atoms with Crippen LogP contribution in [-0.4, -0.2) is 45.4 Å². The van der Waals surface area contributed by atoms with Gasteiger partial charge in [0.25, 0.3) is 5.56 Å². The molecule has 2 saturated heterocycles. The Morgan fingerprint density at radius 1 is 1.24 bits per heavy atom. The fourth-order valence-corrected chi connectivity index (χ4v) is 3.64. The smallest absolute Gasteiger partial charge is 0.330 e. The van der Waals surface area contributed by atoms with E-state index in [1.165, 1.54) is 0 Å². The van der Waals surface area contributed by atoms with Crippen molar-refractivity contribution in [3.63, 3.8) is 0 Å². The van der Waals surface area contributed by atoms with Crippen LogP contribution in [0.15, 0.2) is 15.8 Å². The predicted octanol–water partition coefficient (Wildman–Crippen LogP) is 0.646. The number of fused-ring (bicyclic) bond motifs is 1. The molecule has 0 spiro atoms. The van der Waals surface area contributed by atoms with Crippen molar-refractivity contribution in [3.8, 4) is 0 Å². The number of ether oxygens (including phenoxy) is 3. The van der Waals surface area contributed by atoms with E-state index in [0.29, 0.717) is 12.8 Å². The molecule has 0 bridgehead atoms. The summed E-state index contributed by atoms with van der Waals surface area (Å²) in [6.45, 7) is 3.70. The normalized spacial score (nSPS) is 30.6. The van der Waals surface area contributed by atoms with Crippen LogP contribution in [0.3, 0.4) is 0 Å². The zero-order chi connectivity index (χ0) is 18.2. The Labute approximate surface area is 143 Å². The number of aliphatic hydroxyl groups excluding tert-OH is 1. The van der Waals surface area contributed by atoms with Gasteiger partial charge in [-0.05, 0) is 0 Å². The second-order valence-corrected chi connectivity index (χ2v) is 6.47. The van der Waals surface area contributed by atoms with E-state index in [1.807, 2.05) is 18.8 Å². The highest BCUT2D eigenvalue weighted by atomic mass is 19.1. The average molecular weight is 358 g/mol. The largest absolute Gasteiger partial charge is 0.394 e. The van der Waals surface area contributed by atoms with E-state index in [1.54, 1.807) is 0 Å². The summed E-state index contributed by atoms with van der Waals surface area (Å²) in [7, 11) is 0. The predicted molar refractivity (Wildman–Crippen MR) is 84.6 cm³/mol. The van der Waals surface area contributed by atoms with Crippen LogP contribution in [0.4, 0.5) is 4.39 Å². The minimum Gasteiger partial charge on any atom is -0.394 e. The van der Waals surface area contributed by atoms with E-state index in [4.69, 9.17) is 14.2 Å². The first kappa shape index (κ1) is 18.2. The number of aromatic amines is 1. The highest BCUT2D eigenvalue weighted by Crippen LogP contribution is 2.46. The zero-order valence-corrected chi connectivity index (χ0v) is 14.2. The first-order valence-electron chi connectivity index (χ1n) is 8.57. The maximum atomic E-state index is 13.6. The van der Waals surface area contributed by atoms with Crippen LogP contribution in [0, 0.1) is 5.82 Å². The second kappa shape index (κ2) is 6.99. The standard InChI is InChI=1S/C16H23FN2O6/c1-3-5-16(6-4-2)24-11-10(8-20)23-14(12(11)25-16)19-7-9(17)13(21)18-15(19)22/h7,10-12,14,20H,3-6,8H2,1-2H3,(H,18,21,22)/t10-,11?,12?,14-/m1/s1. The van der Waals surface area contributed by atoms with Gasteiger partial charge >= 0.3 is 5.69 Å². The lowest BCUT2D eigenvalue weighted by Gasteiger charge is -2.30. The van der Waals surface area contributed by atoms with Crippen molar-refractivity contribution >= 4 is 0 Å². The third-order valence-corrected chi connectivity index (χ3v) is 4.63. The van der Waals surface area contributed by atoms with Crippen molar-refractivity contribution in [2.45, 2.75) is 69.9 Å². The molecule has 0 saturated carbocycles. The minimum absolute atomic E-state index is 0.323. The molecule has 3 rings (SSSR count). The number of aromatic nitrogens is 2. The average Bonchev–Trinajstić information content (AvgIpc) is 3.07. The molecule has 0 radical (unpaired) electrons. The molecule has 4 atom stereocenters. The molecule has 2 unspecified atom stereocenters. The third kappa shape index (κ3) is 3.17. The molecule has 1 aromatic heterocycles. The molecule has 25 heavy (non-hydrogen) atoms. The first-order valence-corrected chi connectivity index (χ1v) is 8.57. The van der Waals surface area contributed by atoms with Gasteiger partial charge in [0.2, 0.25) is 5.82 Å². The molecule has 0 amide bonds. The summed E-state index contributed by atoms with van der Waals surface area (Å²) in [6, 6.07) is 0. The van der Waals surface area contributed by atoms with Gasteiger partial charge in [-0.15, -0.1) is 0 Å². The number of halogens is 1. The zero-order valence-electron chi connectivity index (χ0n) is 14.2. The number of rotatable bonds is 6. The molecule has 3 heterocycles. The molecule has 8 nitrogen and oxygen atoms in total. The third-order valence-electron chi connectivity index (χ3n) is 4.63. The van der Waals surface area contributed by atoms with Crippen molar-refractivity contribution in [3.05, 3.63) is 32.9 Å². The summed E-state index contributed by atoms with van der Waals surface area (Å²) in [4.78, 5) is 25.2. The number of hydrogen-bond donors (Lipinski definition) is 2. The molecule has 9 heteroatoms. The fourth-order valence-electron chi connectivity index (χ4n) is 3.64. The molecule has 140 valence electrons. The van der Waals surface area contributed by atoms with Crippen LogP contribution in [0.2, 0.25) is 0 Å². The Balaban J connectivity index is 1.96. The second-order valence-electron chi connectivity index (χ2n) is 6.47. The van der Waals surface area contributed by atoms with Gasteiger partial charge in [0.05, 0.1) is 12.8 Å². The van der Waals surface area contributed by atoms with Crippen molar-refractivity contribution in [1.82, 2.24) is 9.55 Å². The summed E-state index contributed by atoms with van der Waals surface area (Å²) in [5.74, 6) is -1.90. The molecular weight excluding hydrogens is 335 g/mol. The summed E-state index contributed by atoms with van der Waals surface area (Å²) in [6.07, 6.45) is 0.842. The van der Waals surface area contributed by atoms with Crippen molar-refractivity contribution in [1.29, 1.82) is 0 Å². The monoisotopic (exact) mass is 358 g/mol. The maximum absolute atomic E-state index is 13.6. The lowest BCUT2D eigenvalue weighted by molar-refractivity contribution is -0.227. The summed E-state index contributed by atoms with van der Waals surface area (Å²) in [5, 5.41) is 9.60. The van der Waals surface area contributed by atoms with Crippen molar-refractivity contribution in [2.24, 2.45) is 0 Å². The Kier molecular flexibility index (Phi) is 5.10. The van der Waals surface area contributed by atoms with E-state index >= 15 is 0 Å². The highest BCUT2D eigenvalue weighted by molar-refractivity contribution is 5.00. The van der Waals surface area contributed by atoms with Gasteiger partial charge in [0.1, 0.15) is 18.3 Å².